The molecule has 0 saturated carbocycles. The summed E-state index contributed by atoms with van der Waals surface area (Å²) in [5.74, 6) is 0. The normalized spacial score (nSPS) is 11.0. The molecule has 3 aromatic rings. The lowest BCUT2D eigenvalue weighted by Gasteiger charge is -2.01. The zero-order valence-electron chi connectivity index (χ0n) is 8.16. The first kappa shape index (κ1) is 9.68. The molecule has 3 rings (SSSR count). The summed E-state index contributed by atoms with van der Waals surface area (Å²) in [6.07, 6.45) is 3.37. The molecule has 0 N–H and O–H groups in total. The van der Waals surface area contributed by atoms with Crippen molar-refractivity contribution >= 4 is 32.9 Å². The van der Waals surface area contributed by atoms with Gasteiger partial charge in [0.25, 0.3) is 5.56 Å². The van der Waals surface area contributed by atoms with Crippen LogP contribution in [0.1, 0.15) is 4.88 Å². The first-order valence-corrected chi connectivity index (χ1v) is 6.40. The van der Waals surface area contributed by atoms with Gasteiger partial charge in [0, 0.05) is 11.1 Å². The maximum atomic E-state index is 12.0. The van der Waals surface area contributed by atoms with Gasteiger partial charge in [0.1, 0.15) is 4.70 Å². The van der Waals surface area contributed by atoms with Gasteiger partial charge in [-0.15, -0.1) is 22.7 Å². The van der Waals surface area contributed by atoms with E-state index in [0.717, 1.165) is 10.4 Å². The van der Waals surface area contributed by atoms with Crippen molar-refractivity contribution in [3.63, 3.8) is 0 Å². The standard InChI is InChI=1S/C10H7N3OS2/c14-10-9-8(1-2-15-9)12-5-13(10)4-7-3-11-6-16-7/h1-3,5-6H,4H2. The fourth-order valence-corrected chi connectivity index (χ4v) is 2.86. The van der Waals surface area contributed by atoms with Crippen LogP contribution in [0.2, 0.25) is 0 Å². The largest absolute Gasteiger partial charge is 0.293 e. The van der Waals surface area contributed by atoms with Crippen molar-refractivity contribution in [1.82, 2.24) is 14.5 Å². The first-order valence-electron chi connectivity index (χ1n) is 4.64. The van der Waals surface area contributed by atoms with Crippen molar-refractivity contribution in [2.45, 2.75) is 6.54 Å². The number of thiophene rings is 1. The van der Waals surface area contributed by atoms with Crippen molar-refractivity contribution < 1.29 is 0 Å². The summed E-state index contributed by atoms with van der Waals surface area (Å²) >= 11 is 2.97. The van der Waals surface area contributed by atoms with Gasteiger partial charge in [-0.2, -0.15) is 0 Å². The van der Waals surface area contributed by atoms with Crippen LogP contribution in [0.25, 0.3) is 10.2 Å². The Morgan fingerprint density at radius 2 is 2.31 bits per heavy atom. The molecule has 0 unspecified atom stereocenters. The zero-order chi connectivity index (χ0) is 11.0. The number of nitrogens with zero attached hydrogens (tertiary/aromatic N) is 3. The fourth-order valence-electron chi connectivity index (χ4n) is 1.48. The van der Waals surface area contributed by atoms with E-state index >= 15 is 0 Å². The monoisotopic (exact) mass is 249 g/mol. The highest BCUT2D eigenvalue weighted by Crippen LogP contribution is 2.14. The first-order chi connectivity index (χ1) is 7.84. The Morgan fingerprint density at radius 1 is 1.38 bits per heavy atom. The van der Waals surface area contributed by atoms with Gasteiger partial charge in [-0.3, -0.25) is 14.3 Å². The zero-order valence-corrected chi connectivity index (χ0v) is 9.79. The Hall–Kier alpha value is -1.53. The fraction of sp³-hybridized carbons (Fsp3) is 0.100. The van der Waals surface area contributed by atoms with Crippen LogP contribution in [0.15, 0.2) is 34.3 Å². The molecule has 0 bridgehead atoms. The van der Waals surface area contributed by atoms with E-state index in [-0.39, 0.29) is 5.56 Å². The van der Waals surface area contributed by atoms with Crippen molar-refractivity contribution in [3.05, 3.63) is 44.7 Å². The minimum absolute atomic E-state index is 0.0217. The van der Waals surface area contributed by atoms with Crippen LogP contribution >= 0.6 is 22.7 Å². The highest BCUT2D eigenvalue weighted by molar-refractivity contribution is 7.17. The number of hydrogen-bond donors (Lipinski definition) is 0. The van der Waals surface area contributed by atoms with Crippen LogP contribution in [-0.4, -0.2) is 14.5 Å². The van der Waals surface area contributed by atoms with E-state index in [4.69, 9.17) is 0 Å². The van der Waals surface area contributed by atoms with Gasteiger partial charge in [0.2, 0.25) is 0 Å². The number of fused-ring (bicyclic) bond motifs is 1. The van der Waals surface area contributed by atoms with Gasteiger partial charge in [-0.05, 0) is 11.4 Å². The van der Waals surface area contributed by atoms with E-state index in [1.54, 1.807) is 22.6 Å². The number of aromatic nitrogens is 3. The van der Waals surface area contributed by atoms with Crippen LogP contribution in [-0.2, 0) is 6.54 Å². The summed E-state index contributed by atoms with van der Waals surface area (Å²) in [6.45, 7) is 0.546. The summed E-state index contributed by atoms with van der Waals surface area (Å²) in [5.41, 5.74) is 2.56. The minimum atomic E-state index is 0.0217. The molecule has 0 radical (unpaired) electrons. The Kier molecular flexibility index (Phi) is 2.30. The molecule has 0 fully saturated rings. The summed E-state index contributed by atoms with van der Waals surface area (Å²) in [7, 11) is 0. The average Bonchev–Trinajstić information content (AvgIpc) is 2.93. The van der Waals surface area contributed by atoms with E-state index in [1.807, 2.05) is 11.4 Å². The van der Waals surface area contributed by atoms with Crippen LogP contribution in [0.5, 0.6) is 0 Å². The van der Waals surface area contributed by atoms with Gasteiger partial charge < -0.3 is 0 Å². The molecule has 80 valence electrons. The Labute approximate surface area is 98.8 Å². The minimum Gasteiger partial charge on any atom is -0.293 e. The third-order valence-corrected chi connectivity index (χ3v) is 3.90. The molecular formula is C10H7N3OS2. The molecule has 0 aliphatic heterocycles. The highest BCUT2D eigenvalue weighted by atomic mass is 32.1. The summed E-state index contributed by atoms with van der Waals surface area (Å²) < 4.78 is 2.33. The van der Waals surface area contributed by atoms with Gasteiger partial charge >= 0.3 is 0 Å². The number of hydrogen-bond acceptors (Lipinski definition) is 5. The summed E-state index contributed by atoms with van der Waals surface area (Å²) in [5, 5.41) is 1.89. The molecular weight excluding hydrogens is 242 g/mol. The lowest BCUT2D eigenvalue weighted by molar-refractivity contribution is 0.758. The molecule has 3 aromatic heterocycles. The van der Waals surface area contributed by atoms with Gasteiger partial charge in [0.15, 0.2) is 0 Å². The quantitative estimate of drug-likeness (QED) is 0.697. The molecule has 0 amide bonds. The van der Waals surface area contributed by atoms with E-state index in [0.29, 0.717) is 11.2 Å². The SMILES string of the molecule is O=c1c2sccc2ncn1Cc1cncs1. The molecule has 0 atom stereocenters. The topological polar surface area (TPSA) is 47.8 Å². The van der Waals surface area contributed by atoms with Crippen LogP contribution in [0, 0.1) is 0 Å². The third kappa shape index (κ3) is 1.56. The summed E-state index contributed by atoms with van der Waals surface area (Å²) in [6, 6.07) is 1.86. The predicted molar refractivity (Wildman–Crippen MR) is 65.1 cm³/mol. The molecule has 3 heterocycles. The molecule has 4 nitrogen and oxygen atoms in total. The van der Waals surface area contributed by atoms with Crippen molar-refractivity contribution in [1.29, 1.82) is 0 Å². The Bertz CT molecular complexity index is 669. The number of rotatable bonds is 2. The van der Waals surface area contributed by atoms with Crippen LogP contribution in [0.3, 0.4) is 0 Å². The summed E-state index contributed by atoms with van der Waals surface area (Å²) in [4.78, 5) is 21.3. The molecule has 16 heavy (non-hydrogen) atoms. The van der Waals surface area contributed by atoms with Crippen LogP contribution < -0.4 is 5.56 Å². The van der Waals surface area contributed by atoms with Crippen LogP contribution in [0.4, 0.5) is 0 Å². The molecule has 0 aromatic carbocycles. The van der Waals surface area contributed by atoms with Crippen molar-refractivity contribution in [2.75, 3.05) is 0 Å². The second-order valence-electron chi connectivity index (χ2n) is 3.28. The smallest absolute Gasteiger partial charge is 0.271 e. The van der Waals surface area contributed by atoms with Gasteiger partial charge in [-0.25, -0.2) is 4.98 Å². The highest BCUT2D eigenvalue weighted by Gasteiger charge is 2.05. The lowest BCUT2D eigenvalue weighted by Crippen LogP contribution is -2.19. The van der Waals surface area contributed by atoms with Crippen molar-refractivity contribution in [2.24, 2.45) is 0 Å². The molecule has 6 heteroatoms. The maximum Gasteiger partial charge on any atom is 0.271 e. The second-order valence-corrected chi connectivity index (χ2v) is 5.17. The number of thiazole rings is 1. The molecule has 0 spiro atoms. The van der Waals surface area contributed by atoms with Gasteiger partial charge in [-0.1, -0.05) is 0 Å². The molecule has 0 aliphatic rings. The van der Waals surface area contributed by atoms with Crippen molar-refractivity contribution in [3.8, 4) is 0 Å². The van der Waals surface area contributed by atoms with E-state index < -0.39 is 0 Å². The Balaban J connectivity index is 2.10. The predicted octanol–water partition coefficient (Wildman–Crippen LogP) is 1.96. The van der Waals surface area contributed by atoms with E-state index in [1.165, 1.54) is 22.7 Å². The Morgan fingerprint density at radius 3 is 3.12 bits per heavy atom. The molecule has 0 aliphatic carbocycles. The third-order valence-electron chi connectivity index (χ3n) is 2.25. The molecule has 0 saturated heterocycles. The lowest BCUT2D eigenvalue weighted by atomic mass is 10.4. The second kappa shape index (κ2) is 3.80. The van der Waals surface area contributed by atoms with E-state index in [9.17, 15) is 4.79 Å². The average molecular weight is 249 g/mol. The maximum absolute atomic E-state index is 12.0. The van der Waals surface area contributed by atoms with E-state index in [2.05, 4.69) is 9.97 Å². The van der Waals surface area contributed by atoms with Gasteiger partial charge in [0.05, 0.1) is 23.9 Å².